The zero-order valence-electron chi connectivity index (χ0n) is 18.6. The van der Waals surface area contributed by atoms with Crippen LogP contribution < -0.4 is 10.6 Å². The van der Waals surface area contributed by atoms with Gasteiger partial charge >= 0.3 is 0 Å². The standard InChI is InChI=1S/C21H37N5O2S.HI/c1-4-22-20(24-17-21(25(2)3)7-11-27-12-8-21)23-16-18(19-6-5-15-29-19)26-9-13-28-14-10-26;/h5-6,15,18H,4,7-14,16-17H2,1-3H3,(H2,22,23,24);1H. The number of guanidine groups is 1. The van der Waals surface area contributed by atoms with E-state index in [9.17, 15) is 0 Å². The summed E-state index contributed by atoms with van der Waals surface area (Å²) in [6.07, 6.45) is 2.04. The lowest BCUT2D eigenvalue weighted by Gasteiger charge is -2.41. The average Bonchev–Trinajstić information content (AvgIpc) is 3.28. The van der Waals surface area contributed by atoms with Gasteiger partial charge in [-0.3, -0.25) is 9.89 Å². The van der Waals surface area contributed by atoms with Crippen LogP contribution in [0.5, 0.6) is 0 Å². The third-order valence-electron chi connectivity index (χ3n) is 6.07. The van der Waals surface area contributed by atoms with Gasteiger partial charge in [0.05, 0.1) is 25.8 Å². The number of likely N-dealkylation sites (N-methyl/N-ethyl adjacent to an activating group) is 1. The van der Waals surface area contributed by atoms with E-state index < -0.39 is 0 Å². The molecule has 3 rings (SSSR count). The highest BCUT2D eigenvalue weighted by Gasteiger charge is 2.34. The monoisotopic (exact) mass is 551 g/mol. The minimum atomic E-state index is 0. The molecule has 2 saturated heterocycles. The van der Waals surface area contributed by atoms with E-state index in [1.807, 2.05) is 11.3 Å². The van der Waals surface area contributed by atoms with E-state index in [0.29, 0.717) is 6.04 Å². The van der Waals surface area contributed by atoms with Crippen LogP contribution in [0.3, 0.4) is 0 Å². The molecule has 1 aromatic rings. The Hall–Kier alpha value is -0.460. The van der Waals surface area contributed by atoms with Gasteiger partial charge in [0.1, 0.15) is 0 Å². The predicted molar refractivity (Wildman–Crippen MR) is 135 cm³/mol. The Labute approximate surface area is 202 Å². The van der Waals surface area contributed by atoms with Crippen LogP contribution in [0.25, 0.3) is 0 Å². The van der Waals surface area contributed by atoms with Gasteiger partial charge in [0, 0.05) is 49.8 Å². The zero-order chi connectivity index (χ0) is 20.5. The maximum atomic E-state index is 5.60. The number of halogens is 1. The summed E-state index contributed by atoms with van der Waals surface area (Å²) in [6, 6.07) is 4.71. The molecule has 0 aromatic carbocycles. The van der Waals surface area contributed by atoms with E-state index in [1.54, 1.807) is 0 Å². The molecular formula is C21H38IN5O2S. The second-order valence-corrected chi connectivity index (χ2v) is 8.97. The molecule has 2 N–H and O–H groups in total. The fourth-order valence-electron chi connectivity index (χ4n) is 4.04. The van der Waals surface area contributed by atoms with E-state index in [4.69, 9.17) is 14.5 Å². The van der Waals surface area contributed by atoms with Crippen molar-refractivity contribution in [3.05, 3.63) is 22.4 Å². The first kappa shape index (κ1) is 25.8. The Morgan fingerprint density at radius 2 is 1.90 bits per heavy atom. The number of aliphatic imine (C=N–C) groups is 1. The summed E-state index contributed by atoms with van der Waals surface area (Å²) in [7, 11) is 4.32. The zero-order valence-corrected chi connectivity index (χ0v) is 21.7. The molecule has 0 saturated carbocycles. The largest absolute Gasteiger partial charge is 0.381 e. The third-order valence-corrected chi connectivity index (χ3v) is 7.04. The fourth-order valence-corrected chi connectivity index (χ4v) is 4.90. The smallest absolute Gasteiger partial charge is 0.191 e. The molecule has 7 nitrogen and oxygen atoms in total. The van der Waals surface area contributed by atoms with Crippen LogP contribution in [-0.4, -0.2) is 94.5 Å². The van der Waals surface area contributed by atoms with Crippen molar-refractivity contribution in [2.24, 2.45) is 4.99 Å². The number of hydrogen-bond donors (Lipinski definition) is 2. The summed E-state index contributed by atoms with van der Waals surface area (Å²) < 4.78 is 11.2. The SMILES string of the molecule is CCNC(=NCC1(N(C)C)CCOCC1)NCC(c1cccs1)N1CCOCC1.I. The maximum Gasteiger partial charge on any atom is 0.191 e. The Bertz CT molecular complexity index is 617. The van der Waals surface area contributed by atoms with Gasteiger partial charge in [0.2, 0.25) is 0 Å². The van der Waals surface area contributed by atoms with E-state index in [0.717, 1.165) is 78.0 Å². The summed E-state index contributed by atoms with van der Waals surface area (Å²) in [6.45, 7) is 9.78. The molecule has 172 valence electrons. The Balaban J connectivity index is 0.00000320. The number of nitrogens with one attached hydrogen (secondary N) is 2. The third kappa shape index (κ3) is 7.03. The molecule has 0 aliphatic carbocycles. The van der Waals surface area contributed by atoms with Crippen molar-refractivity contribution in [1.29, 1.82) is 0 Å². The minimum absolute atomic E-state index is 0. The lowest BCUT2D eigenvalue weighted by molar-refractivity contribution is -0.00257. The second-order valence-electron chi connectivity index (χ2n) is 7.99. The number of hydrogen-bond acceptors (Lipinski definition) is 6. The van der Waals surface area contributed by atoms with Gasteiger partial charge in [-0.25, -0.2) is 0 Å². The van der Waals surface area contributed by atoms with Crippen LogP contribution >= 0.6 is 35.3 Å². The van der Waals surface area contributed by atoms with E-state index >= 15 is 0 Å². The van der Waals surface area contributed by atoms with Gasteiger partial charge in [-0.15, -0.1) is 35.3 Å². The van der Waals surface area contributed by atoms with E-state index in [2.05, 4.69) is 59.0 Å². The molecule has 0 amide bonds. The first-order valence-electron chi connectivity index (χ1n) is 10.8. The van der Waals surface area contributed by atoms with Crippen molar-refractivity contribution in [1.82, 2.24) is 20.4 Å². The van der Waals surface area contributed by atoms with Crippen molar-refractivity contribution in [3.8, 4) is 0 Å². The van der Waals surface area contributed by atoms with Gasteiger partial charge in [-0.05, 0) is 45.3 Å². The molecule has 1 aromatic heterocycles. The molecule has 1 unspecified atom stereocenters. The molecule has 30 heavy (non-hydrogen) atoms. The van der Waals surface area contributed by atoms with Crippen molar-refractivity contribution in [3.63, 3.8) is 0 Å². The molecule has 3 heterocycles. The van der Waals surface area contributed by atoms with Crippen molar-refractivity contribution < 1.29 is 9.47 Å². The Kier molecular flexibility index (Phi) is 11.3. The van der Waals surface area contributed by atoms with E-state index in [1.165, 1.54) is 4.88 Å². The quantitative estimate of drug-likeness (QED) is 0.294. The summed E-state index contributed by atoms with van der Waals surface area (Å²) in [5.41, 5.74) is 0.0813. The summed E-state index contributed by atoms with van der Waals surface area (Å²) in [5.74, 6) is 0.898. The lowest BCUT2D eigenvalue weighted by Crippen LogP contribution is -2.52. The topological polar surface area (TPSA) is 61.4 Å². The van der Waals surface area contributed by atoms with E-state index in [-0.39, 0.29) is 29.5 Å². The summed E-state index contributed by atoms with van der Waals surface area (Å²) >= 11 is 1.83. The Morgan fingerprint density at radius 3 is 2.50 bits per heavy atom. The molecule has 0 spiro atoms. The molecule has 0 radical (unpaired) electrons. The minimum Gasteiger partial charge on any atom is -0.381 e. The first-order valence-corrected chi connectivity index (χ1v) is 11.6. The lowest BCUT2D eigenvalue weighted by atomic mass is 9.89. The van der Waals surface area contributed by atoms with Crippen LogP contribution in [0.15, 0.2) is 22.5 Å². The molecular weight excluding hydrogens is 513 g/mol. The average molecular weight is 552 g/mol. The van der Waals surface area contributed by atoms with Gasteiger partial charge in [0.25, 0.3) is 0 Å². The number of rotatable bonds is 8. The Morgan fingerprint density at radius 1 is 1.20 bits per heavy atom. The summed E-state index contributed by atoms with van der Waals surface area (Å²) in [4.78, 5) is 11.2. The van der Waals surface area contributed by atoms with Gasteiger partial charge in [0.15, 0.2) is 5.96 Å². The molecule has 1 atom stereocenters. The van der Waals surface area contributed by atoms with Gasteiger partial charge in [-0.1, -0.05) is 6.07 Å². The van der Waals surface area contributed by atoms with Crippen LogP contribution in [-0.2, 0) is 9.47 Å². The molecule has 2 aliphatic rings. The van der Waals surface area contributed by atoms with Crippen molar-refractivity contribution in [2.75, 3.05) is 73.2 Å². The van der Waals surface area contributed by atoms with Crippen LogP contribution in [0.2, 0.25) is 0 Å². The van der Waals surface area contributed by atoms with Crippen LogP contribution in [0.4, 0.5) is 0 Å². The molecule has 0 bridgehead atoms. The van der Waals surface area contributed by atoms with Gasteiger partial charge in [-0.2, -0.15) is 0 Å². The van der Waals surface area contributed by atoms with Crippen molar-refractivity contribution in [2.45, 2.75) is 31.3 Å². The first-order chi connectivity index (χ1) is 14.1. The fraction of sp³-hybridized carbons (Fsp3) is 0.762. The number of nitrogens with zero attached hydrogens (tertiary/aromatic N) is 3. The summed E-state index contributed by atoms with van der Waals surface area (Å²) in [5, 5.41) is 9.21. The van der Waals surface area contributed by atoms with Gasteiger partial charge < -0.3 is 25.0 Å². The highest BCUT2D eigenvalue weighted by molar-refractivity contribution is 14.0. The highest BCUT2D eigenvalue weighted by atomic mass is 127. The normalized spacial score (nSPS) is 21.1. The van der Waals surface area contributed by atoms with Crippen molar-refractivity contribution >= 4 is 41.3 Å². The number of morpholine rings is 1. The molecule has 2 aliphatic heterocycles. The maximum absolute atomic E-state index is 5.60. The highest BCUT2D eigenvalue weighted by Crippen LogP contribution is 2.27. The number of thiophene rings is 1. The second kappa shape index (κ2) is 13.2. The predicted octanol–water partition coefficient (Wildman–Crippen LogP) is 2.41. The van der Waals surface area contributed by atoms with Crippen LogP contribution in [0, 0.1) is 0 Å². The molecule has 9 heteroatoms. The number of ether oxygens (including phenoxy) is 2. The molecule has 2 fully saturated rings. The van der Waals surface area contributed by atoms with Crippen LogP contribution in [0.1, 0.15) is 30.7 Å².